The summed E-state index contributed by atoms with van der Waals surface area (Å²) in [4.78, 5) is 26.0. The second kappa shape index (κ2) is 5.10. The Morgan fingerprint density at radius 3 is 2.67 bits per heavy atom. The molecule has 2 rings (SSSR count). The molecule has 1 aliphatic carbocycles. The Hall–Kier alpha value is -1.36. The minimum atomic E-state index is -0.854. The molecule has 0 radical (unpaired) electrons. The zero-order valence-corrected chi connectivity index (χ0v) is 11.3. The van der Waals surface area contributed by atoms with Gasteiger partial charge in [0.2, 0.25) is 5.91 Å². The Morgan fingerprint density at radius 2 is 2.22 bits per heavy atom. The van der Waals surface area contributed by atoms with Crippen LogP contribution in [0.2, 0.25) is 0 Å². The zero-order valence-electron chi connectivity index (χ0n) is 10.5. The predicted molar refractivity (Wildman–Crippen MR) is 69.2 cm³/mol. The van der Waals surface area contributed by atoms with E-state index in [2.05, 4.69) is 0 Å². The van der Waals surface area contributed by atoms with Gasteiger partial charge in [0.05, 0.1) is 18.4 Å². The topological polar surface area (TPSA) is 57.6 Å². The molecule has 2 atom stereocenters. The van der Waals surface area contributed by atoms with Crippen LogP contribution in [0.15, 0.2) is 17.5 Å². The van der Waals surface area contributed by atoms with Gasteiger partial charge in [-0.2, -0.15) is 0 Å². The Labute approximate surface area is 110 Å². The number of carboxylic acids is 1. The number of hydrogen-bond donors (Lipinski definition) is 1. The lowest BCUT2D eigenvalue weighted by molar-refractivity contribution is -0.142. The fourth-order valence-corrected chi connectivity index (χ4v) is 2.74. The fourth-order valence-electron chi connectivity index (χ4n) is 2.04. The molecule has 1 aliphatic rings. The number of carbonyl (C=O) groups is 2. The molecule has 1 aromatic heterocycles. The highest BCUT2D eigenvalue weighted by Crippen LogP contribution is 2.40. The SMILES string of the molecule is CC(C)N(Cc1cccs1)C(=O)C1CC1C(=O)O. The molecule has 98 valence electrons. The van der Waals surface area contributed by atoms with Gasteiger partial charge in [0, 0.05) is 10.9 Å². The van der Waals surface area contributed by atoms with E-state index >= 15 is 0 Å². The molecule has 1 N–H and O–H groups in total. The van der Waals surface area contributed by atoms with Gasteiger partial charge in [-0.25, -0.2) is 0 Å². The number of thiophene rings is 1. The van der Waals surface area contributed by atoms with Crippen LogP contribution >= 0.6 is 11.3 Å². The molecule has 0 saturated heterocycles. The van der Waals surface area contributed by atoms with Gasteiger partial charge in [-0.05, 0) is 31.7 Å². The minimum Gasteiger partial charge on any atom is -0.481 e. The monoisotopic (exact) mass is 267 g/mol. The molecule has 1 amide bonds. The van der Waals surface area contributed by atoms with Gasteiger partial charge in [-0.1, -0.05) is 6.07 Å². The maximum Gasteiger partial charge on any atom is 0.307 e. The quantitative estimate of drug-likeness (QED) is 0.889. The number of nitrogens with zero attached hydrogens (tertiary/aromatic N) is 1. The zero-order chi connectivity index (χ0) is 13.3. The number of hydrogen-bond acceptors (Lipinski definition) is 3. The van der Waals surface area contributed by atoms with E-state index in [0.717, 1.165) is 4.88 Å². The maximum absolute atomic E-state index is 12.3. The summed E-state index contributed by atoms with van der Waals surface area (Å²) < 4.78 is 0. The molecule has 0 aliphatic heterocycles. The third-order valence-corrected chi connectivity index (χ3v) is 4.10. The summed E-state index contributed by atoms with van der Waals surface area (Å²) in [6.07, 6.45) is 0.488. The van der Waals surface area contributed by atoms with Gasteiger partial charge in [-0.15, -0.1) is 11.3 Å². The Morgan fingerprint density at radius 1 is 1.50 bits per heavy atom. The van der Waals surface area contributed by atoms with Crippen molar-refractivity contribution in [2.24, 2.45) is 11.8 Å². The van der Waals surface area contributed by atoms with Crippen LogP contribution in [0.4, 0.5) is 0 Å². The average Bonchev–Trinajstić information content (AvgIpc) is 2.95. The van der Waals surface area contributed by atoms with Gasteiger partial charge >= 0.3 is 5.97 Å². The number of amides is 1. The lowest BCUT2D eigenvalue weighted by Crippen LogP contribution is -2.37. The van der Waals surface area contributed by atoms with Crippen molar-refractivity contribution >= 4 is 23.2 Å². The van der Waals surface area contributed by atoms with Crippen molar-refractivity contribution < 1.29 is 14.7 Å². The summed E-state index contributed by atoms with van der Waals surface area (Å²) in [5.74, 6) is -1.66. The van der Waals surface area contributed by atoms with Crippen LogP contribution in [-0.4, -0.2) is 27.9 Å². The lowest BCUT2D eigenvalue weighted by atomic mass is 10.2. The highest BCUT2D eigenvalue weighted by molar-refractivity contribution is 7.09. The van der Waals surface area contributed by atoms with Crippen LogP contribution in [0, 0.1) is 11.8 Å². The third kappa shape index (κ3) is 2.72. The number of rotatable bonds is 5. The third-order valence-electron chi connectivity index (χ3n) is 3.24. The Balaban J connectivity index is 2.02. The van der Waals surface area contributed by atoms with Crippen LogP contribution < -0.4 is 0 Å². The molecule has 1 aromatic rings. The first-order valence-corrected chi connectivity index (χ1v) is 6.94. The number of aliphatic carboxylic acids is 1. The van der Waals surface area contributed by atoms with Crippen molar-refractivity contribution in [1.29, 1.82) is 0 Å². The standard InChI is InChI=1S/C13H17NO3S/c1-8(2)14(7-9-4-3-5-18-9)12(15)10-6-11(10)13(16)17/h3-5,8,10-11H,6-7H2,1-2H3,(H,16,17). The van der Waals surface area contributed by atoms with Gasteiger partial charge in [0.25, 0.3) is 0 Å². The van der Waals surface area contributed by atoms with Crippen molar-refractivity contribution in [2.45, 2.75) is 32.9 Å². The molecule has 0 spiro atoms. The summed E-state index contributed by atoms with van der Waals surface area (Å²) >= 11 is 1.62. The summed E-state index contributed by atoms with van der Waals surface area (Å²) in [6, 6.07) is 4.05. The molecule has 2 unspecified atom stereocenters. The molecule has 0 aromatic carbocycles. The summed E-state index contributed by atoms with van der Waals surface area (Å²) in [7, 11) is 0. The Bertz CT molecular complexity index is 441. The molecule has 1 fully saturated rings. The van der Waals surface area contributed by atoms with Crippen LogP contribution in [0.1, 0.15) is 25.1 Å². The van der Waals surface area contributed by atoms with E-state index < -0.39 is 11.9 Å². The highest BCUT2D eigenvalue weighted by Gasteiger charge is 2.50. The molecule has 1 saturated carbocycles. The molecule has 5 heteroatoms. The van der Waals surface area contributed by atoms with E-state index in [9.17, 15) is 9.59 Å². The van der Waals surface area contributed by atoms with Crippen molar-refractivity contribution in [2.75, 3.05) is 0 Å². The lowest BCUT2D eigenvalue weighted by Gasteiger charge is -2.26. The van der Waals surface area contributed by atoms with Crippen LogP contribution in [0.5, 0.6) is 0 Å². The van der Waals surface area contributed by atoms with Gasteiger partial charge < -0.3 is 10.0 Å². The van der Waals surface area contributed by atoms with E-state index in [1.807, 2.05) is 31.4 Å². The normalized spacial score (nSPS) is 21.9. The van der Waals surface area contributed by atoms with Crippen molar-refractivity contribution in [1.82, 2.24) is 4.90 Å². The van der Waals surface area contributed by atoms with E-state index in [1.165, 1.54) is 0 Å². The summed E-state index contributed by atoms with van der Waals surface area (Å²) in [5, 5.41) is 10.9. The molecule has 1 heterocycles. The van der Waals surface area contributed by atoms with E-state index in [4.69, 9.17) is 5.11 Å². The largest absolute Gasteiger partial charge is 0.481 e. The number of carbonyl (C=O) groups excluding carboxylic acids is 1. The van der Waals surface area contributed by atoms with Crippen molar-refractivity contribution in [3.63, 3.8) is 0 Å². The van der Waals surface area contributed by atoms with Gasteiger partial charge in [0.15, 0.2) is 0 Å². The second-order valence-electron chi connectivity index (χ2n) is 4.93. The molecular formula is C13H17NO3S. The van der Waals surface area contributed by atoms with Crippen LogP contribution in [0.25, 0.3) is 0 Å². The van der Waals surface area contributed by atoms with Crippen LogP contribution in [-0.2, 0) is 16.1 Å². The fraction of sp³-hybridized carbons (Fsp3) is 0.538. The predicted octanol–water partition coefficient (Wildman–Crippen LogP) is 2.21. The average molecular weight is 267 g/mol. The first-order valence-electron chi connectivity index (χ1n) is 6.06. The van der Waals surface area contributed by atoms with Crippen molar-refractivity contribution in [3.05, 3.63) is 22.4 Å². The van der Waals surface area contributed by atoms with Gasteiger partial charge in [-0.3, -0.25) is 9.59 Å². The minimum absolute atomic E-state index is 0.0224. The molecular weight excluding hydrogens is 250 g/mol. The summed E-state index contributed by atoms with van der Waals surface area (Å²) in [5.41, 5.74) is 0. The second-order valence-corrected chi connectivity index (χ2v) is 5.96. The van der Waals surface area contributed by atoms with E-state index in [1.54, 1.807) is 16.2 Å². The van der Waals surface area contributed by atoms with Crippen LogP contribution in [0.3, 0.4) is 0 Å². The van der Waals surface area contributed by atoms with Gasteiger partial charge in [0.1, 0.15) is 0 Å². The number of carboxylic acid groups (broad SMARTS) is 1. The maximum atomic E-state index is 12.3. The van der Waals surface area contributed by atoms with Crippen molar-refractivity contribution in [3.8, 4) is 0 Å². The first kappa shape index (κ1) is 13.1. The summed E-state index contributed by atoms with van der Waals surface area (Å²) in [6.45, 7) is 4.50. The molecule has 0 bridgehead atoms. The highest BCUT2D eigenvalue weighted by atomic mass is 32.1. The molecule has 18 heavy (non-hydrogen) atoms. The Kier molecular flexibility index (Phi) is 3.71. The van der Waals surface area contributed by atoms with E-state index in [0.29, 0.717) is 13.0 Å². The smallest absolute Gasteiger partial charge is 0.307 e. The molecule has 4 nitrogen and oxygen atoms in total. The van der Waals surface area contributed by atoms with E-state index in [-0.39, 0.29) is 17.9 Å². The first-order chi connectivity index (χ1) is 8.50.